The van der Waals surface area contributed by atoms with E-state index in [0.717, 1.165) is 0 Å². The minimum Gasteiger partial charge on any atom is -0.507 e. The smallest absolute Gasteiger partial charge is 0.204 e. The highest BCUT2D eigenvalue weighted by molar-refractivity contribution is 6.00. The number of phenols is 2. The van der Waals surface area contributed by atoms with Crippen molar-refractivity contribution < 1.29 is 29.2 Å². The van der Waals surface area contributed by atoms with Crippen molar-refractivity contribution in [3.63, 3.8) is 0 Å². The molecule has 1 aliphatic rings. The first-order valence-electron chi connectivity index (χ1n) is 10.4. The summed E-state index contributed by atoms with van der Waals surface area (Å²) in [4.78, 5) is 13.7. The van der Waals surface area contributed by atoms with Crippen LogP contribution in [0, 0.1) is 0 Å². The molecule has 3 N–H and O–H groups in total. The van der Waals surface area contributed by atoms with E-state index >= 15 is 0 Å². The van der Waals surface area contributed by atoms with Crippen LogP contribution >= 0.6 is 0 Å². The van der Waals surface area contributed by atoms with E-state index < -0.39 is 22.5 Å². The fourth-order valence-corrected chi connectivity index (χ4v) is 4.31. The fraction of sp³-hybridized carbons (Fsp3) is 0.400. The summed E-state index contributed by atoms with van der Waals surface area (Å²) in [5.74, 6) is -0.0504. The van der Waals surface area contributed by atoms with E-state index in [9.17, 15) is 20.1 Å². The average molecular weight is 440 g/mol. The van der Waals surface area contributed by atoms with E-state index in [2.05, 4.69) is 6.58 Å². The van der Waals surface area contributed by atoms with E-state index in [0.29, 0.717) is 22.4 Å². The molecule has 2 heterocycles. The molecule has 1 unspecified atom stereocenters. The largest absolute Gasteiger partial charge is 0.507 e. The van der Waals surface area contributed by atoms with Crippen LogP contribution in [0.15, 0.2) is 33.5 Å². The number of hydrogen-bond acceptors (Lipinski definition) is 7. The molecular formula is C25H28O7. The molecule has 0 radical (unpaired) electrons. The maximum atomic E-state index is 13.7. The van der Waals surface area contributed by atoms with Gasteiger partial charge in [0.1, 0.15) is 28.1 Å². The van der Waals surface area contributed by atoms with Gasteiger partial charge in [-0.2, -0.15) is 0 Å². The molecule has 0 saturated carbocycles. The highest BCUT2D eigenvalue weighted by atomic mass is 16.5. The minimum atomic E-state index is -0.928. The number of fused-ring (bicyclic) bond motifs is 4. The third-order valence-corrected chi connectivity index (χ3v) is 6.86. The van der Waals surface area contributed by atoms with Crippen LogP contribution in [0.4, 0.5) is 0 Å². The molecule has 0 aliphatic carbocycles. The highest BCUT2D eigenvalue weighted by Crippen LogP contribution is 2.54. The topological polar surface area (TPSA) is 109 Å². The number of phenolic OH excluding ortho intramolecular Hbond substituents is 2. The van der Waals surface area contributed by atoms with Gasteiger partial charge < -0.3 is 29.2 Å². The summed E-state index contributed by atoms with van der Waals surface area (Å²) in [5.41, 5.74) is 0.100. The molecule has 170 valence electrons. The Bertz CT molecular complexity index is 1340. The van der Waals surface area contributed by atoms with Crippen LogP contribution in [0.5, 0.6) is 23.0 Å². The van der Waals surface area contributed by atoms with Crippen molar-refractivity contribution in [2.24, 2.45) is 0 Å². The predicted molar refractivity (Wildman–Crippen MR) is 122 cm³/mol. The van der Waals surface area contributed by atoms with Crippen molar-refractivity contribution in [1.29, 1.82) is 0 Å². The molecule has 1 atom stereocenters. The summed E-state index contributed by atoms with van der Waals surface area (Å²) in [6.07, 6.45) is -0.893. The maximum Gasteiger partial charge on any atom is 0.204 e. The van der Waals surface area contributed by atoms with Crippen LogP contribution in [0.2, 0.25) is 0 Å². The van der Waals surface area contributed by atoms with E-state index in [-0.39, 0.29) is 45.6 Å². The lowest BCUT2D eigenvalue weighted by molar-refractivity contribution is 0.0712. The zero-order chi connectivity index (χ0) is 23.7. The molecule has 2 aromatic carbocycles. The summed E-state index contributed by atoms with van der Waals surface area (Å²) < 4.78 is 17.7. The number of hydrogen-bond donors (Lipinski definition) is 3. The summed E-state index contributed by atoms with van der Waals surface area (Å²) in [5, 5.41) is 31.8. The lowest BCUT2D eigenvalue weighted by Crippen LogP contribution is -2.42. The molecule has 0 amide bonds. The van der Waals surface area contributed by atoms with Gasteiger partial charge in [-0.05, 0) is 32.4 Å². The number of aliphatic hydroxyl groups is 1. The van der Waals surface area contributed by atoms with Crippen molar-refractivity contribution in [2.75, 3.05) is 7.11 Å². The predicted octanol–water partition coefficient (Wildman–Crippen LogP) is 4.29. The number of aliphatic hydroxyl groups excluding tert-OH is 1. The van der Waals surface area contributed by atoms with Gasteiger partial charge >= 0.3 is 0 Å². The van der Waals surface area contributed by atoms with Gasteiger partial charge in [0, 0.05) is 23.5 Å². The van der Waals surface area contributed by atoms with Crippen molar-refractivity contribution in [3.05, 3.63) is 45.6 Å². The van der Waals surface area contributed by atoms with E-state index in [4.69, 9.17) is 13.9 Å². The molecule has 7 heteroatoms. The van der Waals surface area contributed by atoms with E-state index in [1.165, 1.54) is 19.2 Å². The van der Waals surface area contributed by atoms with Gasteiger partial charge in [-0.1, -0.05) is 26.0 Å². The zero-order valence-electron chi connectivity index (χ0n) is 19.1. The van der Waals surface area contributed by atoms with Gasteiger partial charge in [0.25, 0.3) is 0 Å². The van der Waals surface area contributed by atoms with Crippen molar-refractivity contribution in [1.82, 2.24) is 0 Å². The fourth-order valence-electron chi connectivity index (χ4n) is 4.31. The summed E-state index contributed by atoms with van der Waals surface area (Å²) >= 11 is 0. The average Bonchev–Trinajstić information content (AvgIpc) is 2.84. The van der Waals surface area contributed by atoms with Crippen LogP contribution < -0.4 is 14.9 Å². The number of rotatable bonds is 4. The molecule has 1 aromatic heterocycles. The first kappa shape index (κ1) is 22.0. The molecule has 0 saturated heterocycles. The molecular weight excluding hydrogens is 412 g/mol. The minimum absolute atomic E-state index is 0.000592. The Labute approximate surface area is 185 Å². The number of methoxy groups -OCH3 is 1. The third kappa shape index (κ3) is 2.88. The molecule has 0 bridgehead atoms. The Kier molecular flexibility index (Phi) is 4.75. The highest BCUT2D eigenvalue weighted by Gasteiger charge is 2.50. The van der Waals surface area contributed by atoms with Gasteiger partial charge in [-0.3, -0.25) is 4.79 Å². The van der Waals surface area contributed by atoms with Crippen LogP contribution in [0.25, 0.3) is 21.9 Å². The second-order valence-electron chi connectivity index (χ2n) is 9.50. The Hall–Kier alpha value is -3.19. The van der Waals surface area contributed by atoms with E-state index in [1.54, 1.807) is 6.92 Å². The third-order valence-electron chi connectivity index (χ3n) is 6.86. The van der Waals surface area contributed by atoms with Crippen LogP contribution in [0.1, 0.15) is 45.7 Å². The van der Waals surface area contributed by atoms with Gasteiger partial charge in [0.15, 0.2) is 11.3 Å². The second-order valence-corrected chi connectivity index (χ2v) is 9.50. The van der Waals surface area contributed by atoms with Crippen LogP contribution in [-0.2, 0) is 11.8 Å². The molecule has 32 heavy (non-hydrogen) atoms. The van der Waals surface area contributed by atoms with Crippen molar-refractivity contribution in [3.8, 4) is 23.0 Å². The molecule has 0 spiro atoms. The quantitative estimate of drug-likeness (QED) is 0.410. The molecule has 1 aliphatic heterocycles. The van der Waals surface area contributed by atoms with Gasteiger partial charge in [-0.15, -0.1) is 0 Å². The summed E-state index contributed by atoms with van der Waals surface area (Å²) in [7, 11) is 1.37. The monoisotopic (exact) mass is 440 g/mol. The first-order valence-corrected chi connectivity index (χ1v) is 10.4. The zero-order valence-corrected chi connectivity index (χ0v) is 19.1. The molecule has 4 rings (SSSR count). The Balaban J connectivity index is 2.19. The van der Waals surface area contributed by atoms with Crippen molar-refractivity contribution >= 4 is 21.9 Å². The normalized spacial score (nSPS) is 17.2. The number of benzene rings is 2. The number of ether oxygens (including phenoxy) is 2. The van der Waals surface area contributed by atoms with Gasteiger partial charge in [0.05, 0.1) is 18.6 Å². The number of aromatic hydroxyl groups is 2. The SMILES string of the molecule is C=C(C)C(O)Cc1cc(O)c(OC)c2oc3c4c(cc(O)c3c(=O)c12)OC(C)(C)C4(C)C. The molecule has 7 nitrogen and oxygen atoms in total. The van der Waals surface area contributed by atoms with E-state index in [1.807, 2.05) is 27.7 Å². The first-order chi connectivity index (χ1) is 14.8. The Morgan fingerprint density at radius 1 is 1.12 bits per heavy atom. The van der Waals surface area contributed by atoms with Crippen molar-refractivity contribution in [2.45, 2.75) is 58.2 Å². The summed E-state index contributed by atoms with van der Waals surface area (Å²) in [6.45, 7) is 13.2. The molecule has 0 fully saturated rings. The lowest BCUT2D eigenvalue weighted by Gasteiger charge is -2.33. The summed E-state index contributed by atoms with van der Waals surface area (Å²) in [6, 6.07) is 2.81. The Morgan fingerprint density at radius 2 is 1.78 bits per heavy atom. The second kappa shape index (κ2) is 6.90. The molecule has 3 aromatic rings. The van der Waals surface area contributed by atoms with Gasteiger partial charge in [0.2, 0.25) is 11.2 Å². The standard InChI is InChI=1S/C25H28O7/c1-11(2)13(26)8-12-9-15(28)21(30-7)23-17(12)20(29)18-14(27)10-16-19(22(18)31-23)24(3,4)25(5,6)32-16/h9-10,13,26-28H,1,8H2,2-7H3. The lowest BCUT2D eigenvalue weighted by atomic mass is 9.73. The Morgan fingerprint density at radius 3 is 2.38 bits per heavy atom. The van der Waals surface area contributed by atoms with Gasteiger partial charge in [-0.25, -0.2) is 0 Å². The van der Waals surface area contributed by atoms with Crippen LogP contribution in [-0.4, -0.2) is 34.1 Å². The van der Waals surface area contributed by atoms with Crippen LogP contribution in [0.3, 0.4) is 0 Å². The maximum absolute atomic E-state index is 13.7.